The van der Waals surface area contributed by atoms with Crippen LogP contribution >= 0.6 is 0 Å². The van der Waals surface area contributed by atoms with Crippen LogP contribution in [0.2, 0.25) is 0 Å². The number of rotatable bonds is 3. The maximum absolute atomic E-state index is 12.3. The van der Waals surface area contributed by atoms with E-state index in [1.807, 2.05) is 0 Å². The van der Waals surface area contributed by atoms with Gasteiger partial charge >= 0.3 is 11.9 Å². The van der Waals surface area contributed by atoms with E-state index in [1.54, 1.807) is 0 Å². The predicted octanol–water partition coefficient (Wildman–Crippen LogP) is 1.63. The minimum Gasteiger partial charge on any atom is -0.260 e. The smallest absolute Gasteiger partial charge is 0.260 e. The number of H-pyrrole nitrogens is 1. The lowest BCUT2D eigenvalue weighted by Gasteiger charge is -2.05. The third kappa shape index (κ3) is 3.64. The lowest BCUT2D eigenvalue weighted by atomic mass is 10.1. The zero-order valence-corrected chi connectivity index (χ0v) is 9.85. The van der Waals surface area contributed by atoms with Crippen molar-refractivity contribution >= 4 is 12.0 Å². The van der Waals surface area contributed by atoms with Gasteiger partial charge in [0.25, 0.3) is 0 Å². The molecule has 1 aromatic heterocycles. The molecule has 0 aliphatic carbocycles. The van der Waals surface area contributed by atoms with E-state index in [1.165, 1.54) is 24.5 Å². The SMILES string of the molecule is O=c1nc(NN=Cc2ccc(C(F)(F)F)cc2)cn[nH]1. The number of hydrogen-bond acceptors (Lipinski definition) is 5. The Kier molecular flexibility index (Phi) is 3.78. The highest BCUT2D eigenvalue weighted by Crippen LogP contribution is 2.28. The Morgan fingerprint density at radius 3 is 2.55 bits per heavy atom. The third-order valence-corrected chi connectivity index (χ3v) is 2.20. The summed E-state index contributed by atoms with van der Waals surface area (Å²) in [6.07, 6.45) is -1.83. The minimum atomic E-state index is -4.37. The van der Waals surface area contributed by atoms with E-state index in [9.17, 15) is 18.0 Å². The third-order valence-electron chi connectivity index (χ3n) is 2.20. The van der Waals surface area contributed by atoms with Crippen LogP contribution in [0.25, 0.3) is 0 Å². The summed E-state index contributed by atoms with van der Waals surface area (Å²) in [5.41, 5.74) is 1.52. The molecule has 0 aliphatic heterocycles. The second kappa shape index (κ2) is 5.51. The Morgan fingerprint density at radius 1 is 1.25 bits per heavy atom. The quantitative estimate of drug-likeness (QED) is 0.662. The van der Waals surface area contributed by atoms with E-state index in [0.717, 1.165) is 12.1 Å². The van der Waals surface area contributed by atoms with Crippen molar-refractivity contribution in [1.82, 2.24) is 15.2 Å². The van der Waals surface area contributed by atoms with Crippen LogP contribution in [-0.4, -0.2) is 21.4 Å². The maximum Gasteiger partial charge on any atom is 0.416 e. The van der Waals surface area contributed by atoms with Gasteiger partial charge in [-0.05, 0) is 17.7 Å². The van der Waals surface area contributed by atoms with E-state index in [2.05, 4.69) is 25.7 Å². The van der Waals surface area contributed by atoms with E-state index in [0.29, 0.717) is 5.56 Å². The normalized spacial score (nSPS) is 11.8. The number of nitrogens with zero attached hydrogens (tertiary/aromatic N) is 3. The zero-order valence-electron chi connectivity index (χ0n) is 9.85. The topological polar surface area (TPSA) is 83.0 Å². The van der Waals surface area contributed by atoms with Gasteiger partial charge in [-0.2, -0.15) is 28.4 Å². The maximum atomic E-state index is 12.3. The number of benzene rings is 1. The highest BCUT2D eigenvalue weighted by molar-refractivity contribution is 5.80. The first kappa shape index (κ1) is 13.7. The molecule has 6 nitrogen and oxygen atoms in total. The van der Waals surface area contributed by atoms with Gasteiger partial charge in [-0.1, -0.05) is 12.1 Å². The Balaban J connectivity index is 2.03. The van der Waals surface area contributed by atoms with E-state index >= 15 is 0 Å². The van der Waals surface area contributed by atoms with Crippen molar-refractivity contribution < 1.29 is 13.2 Å². The van der Waals surface area contributed by atoms with Gasteiger partial charge < -0.3 is 0 Å². The molecule has 2 aromatic rings. The van der Waals surface area contributed by atoms with Crippen molar-refractivity contribution in [1.29, 1.82) is 0 Å². The van der Waals surface area contributed by atoms with Crippen LogP contribution in [0.4, 0.5) is 19.0 Å². The lowest BCUT2D eigenvalue weighted by molar-refractivity contribution is -0.137. The molecular weight excluding hydrogens is 275 g/mol. The number of hydrogen-bond donors (Lipinski definition) is 2. The van der Waals surface area contributed by atoms with Gasteiger partial charge in [0.05, 0.1) is 18.0 Å². The molecular formula is C11H8F3N5O. The number of anilines is 1. The molecule has 0 saturated heterocycles. The molecule has 0 fully saturated rings. The lowest BCUT2D eigenvalue weighted by Crippen LogP contribution is -2.13. The van der Waals surface area contributed by atoms with Gasteiger partial charge in [0.2, 0.25) is 0 Å². The molecule has 9 heteroatoms. The monoisotopic (exact) mass is 283 g/mol. The highest BCUT2D eigenvalue weighted by atomic mass is 19.4. The zero-order chi connectivity index (χ0) is 14.6. The molecule has 2 rings (SSSR count). The van der Waals surface area contributed by atoms with Gasteiger partial charge in [0.1, 0.15) is 0 Å². The summed E-state index contributed by atoms with van der Waals surface area (Å²) in [5.74, 6) is 0.122. The van der Waals surface area contributed by atoms with Crippen molar-refractivity contribution in [2.45, 2.75) is 6.18 Å². The van der Waals surface area contributed by atoms with Gasteiger partial charge in [0.15, 0.2) is 5.82 Å². The Labute approximate surface area is 110 Å². The van der Waals surface area contributed by atoms with E-state index in [-0.39, 0.29) is 5.82 Å². The molecule has 2 N–H and O–H groups in total. The summed E-state index contributed by atoms with van der Waals surface area (Å²) in [7, 11) is 0. The molecule has 0 amide bonds. The predicted molar refractivity (Wildman–Crippen MR) is 65.3 cm³/mol. The molecule has 0 saturated carbocycles. The summed E-state index contributed by atoms with van der Waals surface area (Å²) in [6.45, 7) is 0. The summed E-state index contributed by atoms with van der Waals surface area (Å²) in [5, 5.41) is 9.31. The van der Waals surface area contributed by atoms with Crippen LogP contribution < -0.4 is 11.1 Å². The fourth-order valence-corrected chi connectivity index (χ4v) is 1.30. The number of aromatic amines is 1. The fourth-order valence-electron chi connectivity index (χ4n) is 1.30. The number of aromatic nitrogens is 3. The summed E-state index contributed by atoms with van der Waals surface area (Å²) < 4.78 is 37.0. The van der Waals surface area contributed by atoms with E-state index in [4.69, 9.17) is 0 Å². The summed E-state index contributed by atoms with van der Waals surface area (Å²) in [6, 6.07) is 4.46. The largest absolute Gasteiger partial charge is 0.416 e. The van der Waals surface area contributed by atoms with Crippen molar-refractivity contribution in [3.8, 4) is 0 Å². The fraction of sp³-hybridized carbons (Fsp3) is 0.0909. The van der Waals surface area contributed by atoms with Crippen molar-refractivity contribution in [3.63, 3.8) is 0 Å². The first-order valence-corrected chi connectivity index (χ1v) is 5.33. The molecule has 20 heavy (non-hydrogen) atoms. The number of nitrogens with one attached hydrogen (secondary N) is 2. The summed E-state index contributed by atoms with van der Waals surface area (Å²) >= 11 is 0. The molecule has 0 atom stereocenters. The highest BCUT2D eigenvalue weighted by Gasteiger charge is 2.29. The van der Waals surface area contributed by atoms with Gasteiger partial charge in [0, 0.05) is 0 Å². The second-order valence-electron chi connectivity index (χ2n) is 3.66. The number of halogens is 3. The number of alkyl halides is 3. The minimum absolute atomic E-state index is 0.122. The van der Waals surface area contributed by atoms with Crippen LogP contribution in [0.5, 0.6) is 0 Å². The Morgan fingerprint density at radius 2 is 1.95 bits per heavy atom. The van der Waals surface area contributed by atoms with Crippen molar-refractivity contribution in [2.24, 2.45) is 5.10 Å². The molecule has 1 heterocycles. The molecule has 0 unspecified atom stereocenters. The van der Waals surface area contributed by atoms with Gasteiger partial charge in [-0.25, -0.2) is 9.89 Å². The van der Waals surface area contributed by atoms with Gasteiger partial charge in [-0.15, -0.1) is 0 Å². The van der Waals surface area contributed by atoms with Crippen molar-refractivity contribution in [3.05, 3.63) is 52.1 Å². The van der Waals surface area contributed by atoms with E-state index < -0.39 is 17.4 Å². The Hall–Kier alpha value is -2.71. The standard InChI is InChI=1S/C11H8F3N5O/c12-11(13,14)8-3-1-7(2-4-8)5-15-18-9-6-16-19-10(20)17-9/h1-6H,(H2,17,18,19,20). The molecule has 104 valence electrons. The summed E-state index contributed by atoms with van der Waals surface area (Å²) in [4.78, 5) is 14.3. The van der Waals surface area contributed by atoms with Crippen LogP contribution in [0, 0.1) is 0 Å². The van der Waals surface area contributed by atoms with Crippen LogP contribution in [0.15, 0.2) is 40.4 Å². The first-order valence-electron chi connectivity index (χ1n) is 5.33. The number of hydrazone groups is 1. The molecule has 0 radical (unpaired) electrons. The van der Waals surface area contributed by atoms with Crippen LogP contribution in [-0.2, 0) is 6.18 Å². The average molecular weight is 283 g/mol. The molecule has 1 aromatic carbocycles. The van der Waals surface area contributed by atoms with Crippen LogP contribution in [0.3, 0.4) is 0 Å². The Bertz CT molecular complexity index is 663. The van der Waals surface area contributed by atoms with Crippen molar-refractivity contribution in [2.75, 3.05) is 5.43 Å². The second-order valence-corrected chi connectivity index (χ2v) is 3.66. The first-order chi connectivity index (χ1) is 9.45. The van der Waals surface area contributed by atoms with Crippen LogP contribution in [0.1, 0.15) is 11.1 Å². The average Bonchev–Trinajstić information content (AvgIpc) is 2.38. The molecule has 0 aliphatic rings. The molecule has 0 bridgehead atoms. The molecule has 0 spiro atoms. The van der Waals surface area contributed by atoms with Gasteiger partial charge in [-0.3, -0.25) is 5.43 Å².